The molecule has 24 heavy (non-hydrogen) atoms. The Kier molecular flexibility index (Phi) is 4.41. The molecule has 130 valence electrons. The van der Waals surface area contributed by atoms with Crippen LogP contribution < -0.4 is 4.84 Å². The molecule has 0 N–H and O–H groups in total. The number of nitrogens with zero attached hydrogens (tertiary/aromatic N) is 2. The zero-order valence-corrected chi connectivity index (χ0v) is 12.7. The smallest absolute Gasteiger partial charge is 0.464 e. The molecule has 7 nitrogen and oxygen atoms in total. The van der Waals surface area contributed by atoms with Crippen molar-refractivity contribution in [1.29, 1.82) is 0 Å². The summed E-state index contributed by atoms with van der Waals surface area (Å²) in [6.45, 7) is 1.05. The van der Waals surface area contributed by atoms with E-state index in [2.05, 4.69) is 9.57 Å². The highest BCUT2D eigenvalue weighted by Crippen LogP contribution is 2.28. The maximum atomic E-state index is 12.5. The molecule has 0 bridgehead atoms. The first-order valence-corrected chi connectivity index (χ1v) is 6.66. The van der Waals surface area contributed by atoms with Crippen LogP contribution in [0.4, 0.5) is 13.2 Å². The van der Waals surface area contributed by atoms with Gasteiger partial charge in [0.15, 0.2) is 0 Å². The molecule has 0 spiro atoms. The minimum Gasteiger partial charge on any atom is -0.464 e. The Labute approximate surface area is 133 Å². The van der Waals surface area contributed by atoms with Crippen LogP contribution in [-0.2, 0) is 16.0 Å². The van der Waals surface area contributed by atoms with Crippen molar-refractivity contribution in [3.8, 4) is 0 Å². The van der Waals surface area contributed by atoms with E-state index in [9.17, 15) is 28.1 Å². The number of esters is 1. The first kappa shape index (κ1) is 17.6. The molecule has 1 aromatic heterocycles. The van der Waals surface area contributed by atoms with Crippen molar-refractivity contribution in [1.82, 2.24) is 4.73 Å². The number of hydrogen-bond donors (Lipinski definition) is 0. The summed E-state index contributed by atoms with van der Waals surface area (Å²) in [5, 5.41) is 11.6. The third-order valence-corrected chi connectivity index (χ3v) is 3.53. The van der Waals surface area contributed by atoms with Gasteiger partial charge in [-0.25, -0.2) is 4.79 Å². The first-order chi connectivity index (χ1) is 11.1. The third-order valence-electron chi connectivity index (χ3n) is 3.53. The number of fused-ring (bicyclic) bond motifs is 1. The van der Waals surface area contributed by atoms with Crippen molar-refractivity contribution in [2.75, 3.05) is 7.11 Å². The molecule has 0 saturated carbocycles. The summed E-state index contributed by atoms with van der Waals surface area (Å²) in [6.07, 6.45) is -4.42. The Morgan fingerprint density at radius 1 is 1.33 bits per heavy atom. The van der Waals surface area contributed by atoms with Crippen LogP contribution >= 0.6 is 0 Å². The number of carbonyl (C=O) groups is 1. The van der Waals surface area contributed by atoms with Gasteiger partial charge >= 0.3 is 17.9 Å². The van der Waals surface area contributed by atoms with E-state index in [0.717, 1.165) is 20.2 Å². The second-order valence-electron chi connectivity index (χ2n) is 5.23. The van der Waals surface area contributed by atoms with Crippen molar-refractivity contribution >= 4 is 16.9 Å². The molecule has 1 heterocycles. The van der Waals surface area contributed by atoms with Crippen LogP contribution in [-0.4, -0.2) is 34.6 Å². The highest BCUT2D eigenvalue weighted by Gasteiger charge is 2.48. The second-order valence-corrected chi connectivity index (χ2v) is 5.23. The summed E-state index contributed by atoms with van der Waals surface area (Å²) in [4.78, 5) is 26.1. The molecule has 0 amide bonds. The van der Waals surface area contributed by atoms with Gasteiger partial charge in [-0.1, -0.05) is 18.2 Å². The van der Waals surface area contributed by atoms with Crippen LogP contribution in [0.3, 0.4) is 0 Å². The number of hydrogen-bond acceptors (Lipinski definition) is 5. The maximum absolute atomic E-state index is 12.5. The highest BCUT2D eigenvalue weighted by atomic mass is 19.4. The summed E-state index contributed by atoms with van der Waals surface area (Å²) in [5.74, 6) is -1.10. The van der Waals surface area contributed by atoms with Gasteiger partial charge in [0.1, 0.15) is 0 Å². The zero-order chi connectivity index (χ0) is 18.1. The molecule has 0 radical (unpaired) electrons. The first-order valence-electron chi connectivity index (χ1n) is 6.66. The lowest BCUT2D eigenvalue weighted by Gasteiger charge is -2.17. The molecule has 1 unspecified atom stereocenters. The monoisotopic (exact) mass is 346 g/mol. The molecule has 2 rings (SSSR count). The number of nitro groups is 1. The van der Waals surface area contributed by atoms with E-state index in [0.29, 0.717) is 10.1 Å². The summed E-state index contributed by atoms with van der Waals surface area (Å²) < 4.78 is 42.4. The van der Waals surface area contributed by atoms with Crippen LogP contribution in [0.5, 0.6) is 0 Å². The lowest BCUT2D eigenvalue weighted by atomic mass is 9.93. The number of para-hydroxylation sites is 1. The van der Waals surface area contributed by atoms with Crippen LogP contribution in [0.25, 0.3) is 10.9 Å². The molecular weight excluding hydrogens is 333 g/mol. The second kappa shape index (κ2) is 6.02. The fraction of sp³-hybridized carbons (Fsp3) is 0.357. The molecule has 0 saturated heterocycles. The number of carbonyl (C=O) groups excluding carboxylic acids is 1. The minimum absolute atomic E-state index is 0.0698. The predicted molar refractivity (Wildman–Crippen MR) is 75.7 cm³/mol. The van der Waals surface area contributed by atoms with Gasteiger partial charge in [0.25, 0.3) is 0 Å². The third kappa shape index (κ3) is 3.26. The van der Waals surface area contributed by atoms with Gasteiger partial charge in [0.05, 0.1) is 19.0 Å². The Balaban J connectivity index is 2.53. The molecule has 1 aromatic carbocycles. The van der Waals surface area contributed by atoms with Crippen molar-refractivity contribution in [2.45, 2.75) is 25.2 Å². The lowest BCUT2D eigenvalue weighted by molar-refractivity contribution is -0.550. The molecular formula is C14H13F3N2O5. The topological polar surface area (TPSA) is 83.6 Å². The zero-order valence-electron chi connectivity index (χ0n) is 12.7. The van der Waals surface area contributed by atoms with E-state index in [1.807, 2.05) is 0 Å². The van der Waals surface area contributed by atoms with Crippen molar-refractivity contribution in [3.05, 3.63) is 46.1 Å². The Hall–Kier alpha value is -2.78. The molecule has 0 aliphatic heterocycles. The van der Waals surface area contributed by atoms with Crippen molar-refractivity contribution < 1.29 is 32.5 Å². The fourth-order valence-corrected chi connectivity index (χ4v) is 2.35. The highest BCUT2D eigenvalue weighted by molar-refractivity contribution is 5.86. The number of benzene rings is 1. The molecule has 1 atom stereocenters. The molecule has 10 heteroatoms. The number of methoxy groups -OCH3 is 1. The number of alkyl halides is 3. The average molecular weight is 346 g/mol. The Bertz CT molecular complexity index is 786. The summed E-state index contributed by atoms with van der Waals surface area (Å²) in [5.41, 5.74) is -1.91. The van der Waals surface area contributed by atoms with E-state index in [1.165, 1.54) is 18.2 Å². The molecule has 2 aromatic rings. The fourth-order valence-electron chi connectivity index (χ4n) is 2.35. The van der Waals surface area contributed by atoms with Gasteiger partial charge in [-0.2, -0.15) is 4.73 Å². The number of ether oxygens (including phenoxy) is 1. The van der Waals surface area contributed by atoms with E-state index in [4.69, 9.17) is 0 Å². The van der Waals surface area contributed by atoms with E-state index < -0.39 is 29.2 Å². The maximum Gasteiger partial charge on any atom is 0.591 e. The standard InChI is InChI=1S/C14H13F3N2O5/c1-13(19(21)22,12(20)23-2)7-9-8-18(24-14(15,16)17)11-6-4-3-5-10(9)11/h3-6,8H,7H2,1-2H3. The Morgan fingerprint density at radius 3 is 2.50 bits per heavy atom. The van der Waals surface area contributed by atoms with Gasteiger partial charge in [0.2, 0.25) is 0 Å². The van der Waals surface area contributed by atoms with Gasteiger partial charge < -0.3 is 9.57 Å². The molecule has 0 aliphatic carbocycles. The largest absolute Gasteiger partial charge is 0.591 e. The van der Waals surface area contributed by atoms with Crippen molar-refractivity contribution in [2.24, 2.45) is 0 Å². The van der Waals surface area contributed by atoms with Crippen LogP contribution in [0.15, 0.2) is 30.5 Å². The van der Waals surface area contributed by atoms with Crippen LogP contribution in [0, 0.1) is 10.1 Å². The van der Waals surface area contributed by atoms with Gasteiger partial charge in [-0.05, 0) is 11.6 Å². The van der Waals surface area contributed by atoms with Crippen LogP contribution in [0.2, 0.25) is 0 Å². The average Bonchev–Trinajstić information content (AvgIpc) is 2.82. The van der Waals surface area contributed by atoms with Gasteiger partial charge in [-0.15, -0.1) is 13.2 Å². The summed E-state index contributed by atoms with van der Waals surface area (Å²) >= 11 is 0. The van der Waals surface area contributed by atoms with E-state index in [1.54, 1.807) is 6.07 Å². The van der Waals surface area contributed by atoms with Crippen LogP contribution in [0.1, 0.15) is 12.5 Å². The Morgan fingerprint density at radius 2 is 1.96 bits per heavy atom. The molecule has 0 fully saturated rings. The lowest BCUT2D eigenvalue weighted by Crippen LogP contribution is -2.46. The minimum atomic E-state index is -4.94. The molecule has 0 aliphatic rings. The normalized spacial score (nSPS) is 14.2. The van der Waals surface area contributed by atoms with E-state index >= 15 is 0 Å². The van der Waals surface area contributed by atoms with E-state index in [-0.39, 0.29) is 11.1 Å². The van der Waals surface area contributed by atoms with Gasteiger partial charge in [-0.3, -0.25) is 10.1 Å². The van der Waals surface area contributed by atoms with Crippen molar-refractivity contribution in [3.63, 3.8) is 0 Å². The number of aromatic nitrogens is 1. The quantitative estimate of drug-likeness (QED) is 0.471. The number of halogens is 3. The predicted octanol–water partition coefficient (Wildman–Crippen LogP) is 2.34. The number of rotatable bonds is 5. The SMILES string of the molecule is COC(=O)C(C)(Cc1cn(OC(F)(F)F)c2ccccc12)[N+](=O)[O-]. The summed E-state index contributed by atoms with van der Waals surface area (Å²) in [6, 6.07) is 5.91. The summed E-state index contributed by atoms with van der Waals surface area (Å²) in [7, 11) is 1.00. The van der Waals surface area contributed by atoms with Gasteiger partial charge in [0, 0.05) is 23.4 Å².